The molecule has 0 saturated carbocycles. The summed E-state index contributed by atoms with van der Waals surface area (Å²) in [6.07, 6.45) is 2.06. The van der Waals surface area contributed by atoms with Gasteiger partial charge in [-0.15, -0.1) is 0 Å². The van der Waals surface area contributed by atoms with Gasteiger partial charge >= 0.3 is 6.16 Å². The minimum atomic E-state index is -0.732. The molecule has 2 unspecified atom stereocenters. The van der Waals surface area contributed by atoms with Crippen LogP contribution in [0.15, 0.2) is 54.9 Å². The van der Waals surface area contributed by atoms with Crippen LogP contribution in [-0.2, 0) is 35.4 Å². The molecule has 2 aliphatic heterocycles. The lowest BCUT2D eigenvalue weighted by atomic mass is 9.99. The Labute approximate surface area is 234 Å². The SMILES string of the molecule is O=C(OCC1CCc2nc3cc(Br)ccc3c(=O)n2C1)OCC1CCc2nc3cc(Br)ccc3c(=O)n2C1. The molecular formula is C27H24Br2N4O5. The average molecular weight is 644 g/mol. The van der Waals surface area contributed by atoms with Crippen LogP contribution in [0.1, 0.15) is 24.5 Å². The first kappa shape index (κ1) is 25.2. The van der Waals surface area contributed by atoms with Crippen molar-refractivity contribution in [2.45, 2.75) is 38.8 Å². The van der Waals surface area contributed by atoms with Crippen LogP contribution in [0, 0.1) is 11.8 Å². The summed E-state index contributed by atoms with van der Waals surface area (Å²) in [5.74, 6) is 1.51. The lowest BCUT2D eigenvalue weighted by Crippen LogP contribution is -2.35. The Morgan fingerprint density at radius 3 is 1.68 bits per heavy atom. The summed E-state index contributed by atoms with van der Waals surface area (Å²) in [7, 11) is 0. The highest BCUT2D eigenvalue weighted by Gasteiger charge is 2.25. The number of aryl methyl sites for hydroxylation is 2. The molecule has 0 amide bonds. The molecule has 0 bridgehead atoms. The first-order valence-electron chi connectivity index (χ1n) is 12.5. The largest absolute Gasteiger partial charge is 0.508 e. The van der Waals surface area contributed by atoms with E-state index in [9.17, 15) is 14.4 Å². The minimum absolute atomic E-state index is 0.00183. The van der Waals surface area contributed by atoms with Gasteiger partial charge in [0.25, 0.3) is 11.1 Å². The number of fused-ring (bicyclic) bond motifs is 4. The van der Waals surface area contributed by atoms with Crippen molar-refractivity contribution in [2.75, 3.05) is 13.2 Å². The molecule has 2 aromatic carbocycles. The molecule has 4 aromatic rings. The fraction of sp³-hybridized carbons (Fsp3) is 0.370. The molecule has 2 atom stereocenters. The van der Waals surface area contributed by atoms with Crippen molar-refractivity contribution in [3.63, 3.8) is 0 Å². The van der Waals surface area contributed by atoms with Crippen molar-refractivity contribution in [1.29, 1.82) is 0 Å². The number of hydrogen-bond acceptors (Lipinski definition) is 7. The number of ether oxygens (including phenoxy) is 2. The average Bonchev–Trinajstić information content (AvgIpc) is 2.91. The van der Waals surface area contributed by atoms with Gasteiger partial charge < -0.3 is 9.47 Å². The number of hydrogen-bond donors (Lipinski definition) is 0. The molecular weight excluding hydrogens is 620 g/mol. The molecule has 0 spiro atoms. The van der Waals surface area contributed by atoms with E-state index < -0.39 is 6.16 Å². The molecule has 38 heavy (non-hydrogen) atoms. The normalized spacial score (nSPS) is 18.7. The monoisotopic (exact) mass is 642 g/mol. The molecule has 0 radical (unpaired) electrons. The summed E-state index contributed by atoms with van der Waals surface area (Å²) in [5.41, 5.74) is 1.21. The van der Waals surface area contributed by atoms with E-state index in [2.05, 4.69) is 41.8 Å². The van der Waals surface area contributed by atoms with Gasteiger partial charge in [0.05, 0.1) is 35.0 Å². The molecule has 0 N–H and O–H groups in total. The Morgan fingerprint density at radius 2 is 1.24 bits per heavy atom. The van der Waals surface area contributed by atoms with Gasteiger partial charge in [0, 0.05) is 46.7 Å². The molecule has 2 aromatic heterocycles. The fourth-order valence-corrected chi connectivity index (χ4v) is 5.99. The van der Waals surface area contributed by atoms with E-state index in [0.29, 0.717) is 47.7 Å². The van der Waals surface area contributed by atoms with E-state index in [1.807, 2.05) is 24.3 Å². The van der Waals surface area contributed by atoms with E-state index in [0.717, 1.165) is 33.4 Å². The molecule has 9 nitrogen and oxygen atoms in total. The standard InChI is InChI=1S/C27H24Br2N4O5/c28-17-3-5-19-21(9-17)30-23-7-1-15(11-32(23)25(19)34)13-37-27(36)38-14-16-2-8-24-31-22-10-18(29)4-6-20(22)26(35)33(24)12-16/h3-6,9-10,15-16H,1-2,7-8,11-14H2. The van der Waals surface area contributed by atoms with Gasteiger partial charge in [0.15, 0.2) is 0 Å². The van der Waals surface area contributed by atoms with Gasteiger partial charge in [-0.3, -0.25) is 18.7 Å². The van der Waals surface area contributed by atoms with Crippen molar-refractivity contribution < 1.29 is 14.3 Å². The second-order valence-corrected chi connectivity index (χ2v) is 11.7. The highest BCUT2D eigenvalue weighted by molar-refractivity contribution is 9.10. The zero-order chi connectivity index (χ0) is 26.4. The van der Waals surface area contributed by atoms with E-state index in [1.165, 1.54) is 0 Å². The summed E-state index contributed by atoms with van der Waals surface area (Å²) in [5, 5.41) is 1.14. The number of halogens is 2. The van der Waals surface area contributed by atoms with Crippen molar-refractivity contribution >= 4 is 59.8 Å². The van der Waals surface area contributed by atoms with Gasteiger partial charge in [-0.1, -0.05) is 31.9 Å². The minimum Gasteiger partial charge on any atom is -0.434 e. The van der Waals surface area contributed by atoms with Crippen LogP contribution < -0.4 is 11.1 Å². The molecule has 0 fully saturated rings. The Hall–Kier alpha value is -3.05. The van der Waals surface area contributed by atoms with E-state index in [1.54, 1.807) is 21.3 Å². The van der Waals surface area contributed by atoms with Crippen LogP contribution >= 0.6 is 31.9 Å². The first-order valence-corrected chi connectivity index (χ1v) is 14.1. The van der Waals surface area contributed by atoms with Crippen LogP contribution in [0.5, 0.6) is 0 Å². The Morgan fingerprint density at radius 1 is 0.789 bits per heavy atom. The molecule has 2 aliphatic rings. The maximum Gasteiger partial charge on any atom is 0.508 e. The number of aromatic nitrogens is 4. The number of rotatable bonds is 4. The highest BCUT2D eigenvalue weighted by Crippen LogP contribution is 2.23. The van der Waals surface area contributed by atoms with Crippen LogP contribution in [0.4, 0.5) is 4.79 Å². The van der Waals surface area contributed by atoms with Crippen molar-refractivity contribution in [3.8, 4) is 0 Å². The molecule has 6 rings (SSSR count). The van der Waals surface area contributed by atoms with Gasteiger partial charge in [-0.25, -0.2) is 14.8 Å². The second kappa shape index (κ2) is 10.3. The predicted molar refractivity (Wildman–Crippen MR) is 148 cm³/mol. The van der Waals surface area contributed by atoms with Crippen molar-refractivity contribution in [2.24, 2.45) is 11.8 Å². The van der Waals surface area contributed by atoms with Gasteiger partial charge in [0.2, 0.25) is 0 Å². The van der Waals surface area contributed by atoms with Crippen LogP contribution in [0.2, 0.25) is 0 Å². The third-order valence-electron chi connectivity index (χ3n) is 7.30. The van der Waals surface area contributed by atoms with Crippen molar-refractivity contribution in [1.82, 2.24) is 19.1 Å². The molecule has 0 saturated heterocycles. The summed E-state index contributed by atoms with van der Waals surface area (Å²) >= 11 is 6.85. The van der Waals surface area contributed by atoms with Crippen molar-refractivity contribution in [3.05, 3.63) is 77.7 Å². The molecule has 0 aliphatic carbocycles. The lowest BCUT2D eigenvalue weighted by molar-refractivity contribution is 0.0265. The summed E-state index contributed by atoms with van der Waals surface area (Å²) in [6, 6.07) is 10.9. The third kappa shape index (κ3) is 4.89. The summed E-state index contributed by atoms with van der Waals surface area (Å²) in [4.78, 5) is 47.7. The van der Waals surface area contributed by atoms with Gasteiger partial charge in [-0.05, 0) is 49.2 Å². The van der Waals surface area contributed by atoms with Crippen LogP contribution in [-0.4, -0.2) is 38.5 Å². The quantitative estimate of drug-likeness (QED) is 0.299. The second-order valence-electron chi connectivity index (χ2n) is 9.89. The maximum atomic E-state index is 13.0. The van der Waals surface area contributed by atoms with E-state index in [4.69, 9.17) is 9.47 Å². The van der Waals surface area contributed by atoms with Gasteiger partial charge in [-0.2, -0.15) is 0 Å². The fourth-order valence-electron chi connectivity index (χ4n) is 5.29. The Balaban J connectivity index is 1.04. The Kier molecular flexibility index (Phi) is 6.81. The summed E-state index contributed by atoms with van der Waals surface area (Å²) < 4.78 is 15.9. The molecule has 4 heterocycles. The smallest absolute Gasteiger partial charge is 0.434 e. The zero-order valence-corrected chi connectivity index (χ0v) is 23.5. The molecule has 11 heteroatoms. The third-order valence-corrected chi connectivity index (χ3v) is 8.29. The van der Waals surface area contributed by atoms with Crippen LogP contribution in [0.25, 0.3) is 21.8 Å². The van der Waals surface area contributed by atoms with Crippen LogP contribution in [0.3, 0.4) is 0 Å². The number of carbonyl (C=O) groups is 1. The molecule has 196 valence electrons. The Bertz CT molecular complexity index is 1580. The topological polar surface area (TPSA) is 105 Å². The van der Waals surface area contributed by atoms with E-state index in [-0.39, 0.29) is 36.2 Å². The maximum absolute atomic E-state index is 13.0. The number of nitrogens with zero attached hydrogens (tertiary/aromatic N) is 4. The lowest BCUT2D eigenvalue weighted by Gasteiger charge is -2.26. The summed E-state index contributed by atoms with van der Waals surface area (Å²) in [6.45, 7) is 1.23. The highest BCUT2D eigenvalue weighted by atomic mass is 79.9. The van der Waals surface area contributed by atoms with Gasteiger partial charge in [0.1, 0.15) is 11.6 Å². The number of benzene rings is 2. The zero-order valence-electron chi connectivity index (χ0n) is 20.4. The number of carbonyl (C=O) groups excluding carboxylic acids is 1. The first-order chi connectivity index (χ1) is 18.4. The van der Waals surface area contributed by atoms with E-state index >= 15 is 0 Å². The predicted octanol–water partition coefficient (Wildman–Crippen LogP) is 4.61.